The lowest BCUT2D eigenvalue weighted by atomic mass is 10.2. The first-order chi connectivity index (χ1) is 8.26. The van der Waals surface area contributed by atoms with Gasteiger partial charge < -0.3 is 10.1 Å². The predicted molar refractivity (Wildman–Crippen MR) is 71.7 cm³/mol. The summed E-state index contributed by atoms with van der Waals surface area (Å²) in [5.41, 5.74) is 2.25. The quantitative estimate of drug-likeness (QED) is 0.894. The normalized spacial score (nSPS) is 20.3. The highest BCUT2D eigenvalue weighted by atomic mass is 32.2. The van der Waals surface area contributed by atoms with Crippen LogP contribution < -0.4 is 5.32 Å². The van der Waals surface area contributed by atoms with Crippen molar-refractivity contribution in [2.45, 2.75) is 26.4 Å². The summed E-state index contributed by atoms with van der Waals surface area (Å²) in [6.45, 7) is 4.98. The molecule has 0 spiro atoms. The predicted octanol–water partition coefficient (Wildman–Crippen LogP) is 2.19. The van der Waals surface area contributed by atoms with E-state index in [9.17, 15) is 0 Å². The van der Waals surface area contributed by atoms with Crippen molar-refractivity contribution in [3.8, 4) is 0 Å². The van der Waals surface area contributed by atoms with Crippen LogP contribution in [0.5, 0.6) is 0 Å². The van der Waals surface area contributed by atoms with E-state index in [1.165, 1.54) is 0 Å². The smallest absolute Gasteiger partial charge is 0.160 e. The first kappa shape index (κ1) is 12.6. The monoisotopic (exact) mass is 253 g/mol. The molecule has 4 nitrogen and oxygen atoms in total. The average molecular weight is 253 g/mol. The van der Waals surface area contributed by atoms with Crippen molar-refractivity contribution in [1.29, 1.82) is 0 Å². The van der Waals surface area contributed by atoms with Gasteiger partial charge in [0.15, 0.2) is 5.82 Å². The SMILES string of the molecule is CCc1nc(C2CSCCO2)nc(NC)c1C. The summed E-state index contributed by atoms with van der Waals surface area (Å²) in [5, 5.41) is 3.14. The summed E-state index contributed by atoms with van der Waals surface area (Å²) < 4.78 is 5.73. The molecule has 0 radical (unpaired) electrons. The summed E-state index contributed by atoms with van der Waals surface area (Å²) in [6, 6.07) is 0. The lowest BCUT2D eigenvalue weighted by molar-refractivity contribution is 0.0693. The van der Waals surface area contributed by atoms with Crippen LogP contribution in [0.4, 0.5) is 5.82 Å². The van der Waals surface area contributed by atoms with Crippen LogP contribution in [0.1, 0.15) is 30.1 Å². The topological polar surface area (TPSA) is 47.0 Å². The second-order valence-corrected chi connectivity index (χ2v) is 5.19. The fourth-order valence-corrected chi connectivity index (χ4v) is 2.79. The molecular weight excluding hydrogens is 234 g/mol. The Bertz CT molecular complexity index is 366. The zero-order valence-electron chi connectivity index (χ0n) is 10.6. The number of nitrogens with zero attached hydrogens (tertiary/aromatic N) is 2. The Balaban J connectivity index is 2.33. The maximum absolute atomic E-state index is 5.73. The van der Waals surface area contributed by atoms with Crippen LogP contribution in [0.15, 0.2) is 0 Å². The van der Waals surface area contributed by atoms with E-state index in [-0.39, 0.29) is 6.10 Å². The van der Waals surface area contributed by atoms with Crippen LogP contribution in [0.25, 0.3) is 0 Å². The molecule has 1 aliphatic heterocycles. The molecule has 0 aromatic carbocycles. The summed E-state index contributed by atoms with van der Waals surface area (Å²) >= 11 is 1.90. The second kappa shape index (κ2) is 5.69. The number of anilines is 1. The maximum Gasteiger partial charge on any atom is 0.160 e. The zero-order valence-corrected chi connectivity index (χ0v) is 11.4. The molecule has 17 heavy (non-hydrogen) atoms. The van der Waals surface area contributed by atoms with E-state index in [4.69, 9.17) is 4.74 Å². The lowest BCUT2D eigenvalue weighted by Gasteiger charge is -2.22. The zero-order chi connectivity index (χ0) is 12.3. The van der Waals surface area contributed by atoms with Crippen molar-refractivity contribution < 1.29 is 4.74 Å². The Morgan fingerprint density at radius 2 is 2.29 bits per heavy atom. The molecule has 5 heteroatoms. The molecule has 1 atom stereocenters. The van der Waals surface area contributed by atoms with Crippen molar-refractivity contribution in [3.63, 3.8) is 0 Å². The lowest BCUT2D eigenvalue weighted by Crippen LogP contribution is -2.19. The van der Waals surface area contributed by atoms with Crippen LogP contribution >= 0.6 is 11.8 Å². The standard InChI is InChI=1S/C12H19N3OS/c1-4-9-8(2)11(13-3)15-12(14-9)10-7-17-6-5-16-10/h10H,4-7H2,1-3H3,(H,13,14,15). The van der Waals surface area contributed by atoms with Crippen LogP contribution in [-0.2, 0) is 11.2 Å². The fourth-order valence-electron chi connectivity index (χ4n) is 1.95. The van der Waals surface area contributed by atoms with E-state index in [0.29, 0.717) is 0 Å². The van der Waals surface area contributed by atoms with E-state index in [1.807, 2.05) is 18.8 Å². The Hall–Kier alpha value is -0.810. The van der Waals surface area contributed by atoms with Gasteiger partial charge in [-0.1, -0.05) is 6.92 Å². The highest BCUT2D eigenvalue weighted by Gasteiger charge is 2.21. The number of rotatable bonds is 3. The molecule has 0 saturated carbocycles. The van der Waals surface area contributed by atoms with Crippen molar-refractivity contribution >= 4 is 17.6 Å². The van der Waals surface area contributed by atoms with E-state index in [0.717, 1.165) is 47.4 Å². The molecule has 1 N–H and O–H groups in total. The molecule has 1 fully saturated rings. The average Bonchev–Trinajstić information content (AvgIpc) is 2.40. The molecule has 0 bridgehead atoms. The maximum atomic E-state index is 5.73. The van der Waals surface area contributed by atoms with Crippen LogP contribution in [0.2, 0.25) is 0 Å². The molecular formula is C12H19N3OS. The number of hydrogen-bond acceptors (Lipinski definition) is 5. The van der Waals surface area contributed by atoms with Gasteiger partial charge in [0.2, 0.25) is 0 Å². The van der Waals surface area contributed by atoms with Gasteiger partial charge in [0, 0.05) is 29.8 Å². The molecule has 1 aromatic rings. The van der Waals surface area contributed by atoms with Crippen molar-refractivity contribution in [2.75, 3.05) is 30.5 Å². The molecule has 1 unspecified atom stereocenters. The molecule has 2 heterocycles. The van der Waals surface area contributed by atoms with E-state index < -0.39 is 0 Å². The van der Waals surface area contributed by atoms with Gasteiger partial charge in [-0.2, -0.15) is 11.8 Å². The van der Waals surface area contributed by atoms with Crippen LogP contribution in [0, 0.1) is 6.92 Å². The van der Waals surface area contributed by atoms with E-state index in [2.05, 4.69) is 29.1 Å². The number of aromatic nitrogens is 2. The van der Waals surface area contributed by atoms with Gasteiger partial charge in [-0.25, -0.2) is 9.97 Å². The van der Waals surface area contributed by atoms with Gasteiger partial charge >= 0.3 is 0 Å². The van der Waals surface area contributed by atoms with Crippen molar-refractivity contribution in [1.82, 2.24) is 9.97 Å². The summed E-state index contributed by atoms with van der Waals surface area (Å²) in [4.78, 5) is 9.20. The summed E-state index contributed by atoms with van der Waals surface area (Å²) in [7, 11) is 1.90. The number of aryl methyl sites for hydroxylation is 1. The third kappa shape index (κ3) is 2.72. The Morgan fingerprint density at radius 1 is 1.47 bits per heavy atom. The highest BCUT2D eigenvalue weighted by molar-refractivity contribution is 7.99. The van der Waals surface area contributed by atoms with Gasteiger partial charge in [0.05, 0.1) is 6.61 Å². The van der Waals surface area contributed by atoms with Crippen LogP contribution in [0.3, 0.4) is 0 Å². The molecule has 0 aliphatic carbocycles. The van der Waals surface area contributed by atoms with Gasteiger partial charge in [-0.05, 0) is 13.3 Å². The summed E-state index contributed by atoms with van der Waals surface area (Å²) in [5.74, 6) is 3.77. The number of nitrogens with one attached hydrogen (secondary N) is 1. The molecule has 1 aromatic heterocycles. The largest absolute Gasteiger partial charge is 0.373 e. The minimum Gasteiger partial charge on any atom is -0.373 e. The molecule has 2 rings (SSSR count). The molecule has 0 amide bonds. The minimum atomic E-state index is 0.0479. The highest BCUT2D eigenvalue weighted by Crippen LogP contribution is 2.26. The van der Waals surface area contributed by atoms with E-state index in [1.54, 1.807) is 0 Å². The van der Waals surface area contributed by atoms with Gasteiger partial charge in [0.25, 0.3) is 0 Å². The van der Waals surface area contributed by atoms with Crippen molar-refractivity contribution in [2.24, 2.45) is 0 Å². The summed E-state index contributed by atoms with van der Waals surface area (Å²) in [6.07, 6.45) is 0.974. The van der Waals surface area contributed by atoms with E-state index >= 15 is 0 Å². The Labute approximate surface area is 107 Å². The first-order valence-corrected chi connectivity index (χ1v) is 7.16. The Morgan fingerprint density at radius 3 is 2.88 bits per heavy atom. The fraction of sp³-hybridized carbons (Fsp3) is 0.667. The number of ether oxygens (including phenoxy) is 1. The van der Waals surface area contributed by atoms with Gasteiger partial charge in [-0.15, -0.1) is 0 Å². The van der Waals surface area contributed by atoms with Crippen LogP contribution in [-0.4, -0.2) is 35.1 Å². The van der Waals surface area contributed by atoms with Gasteiger partial charge in [-0.3, -0.25) is 0 Å². The van der Waals surface area contributed by atoms with Crippen molar-refractivity contribution in [3.05, 3.63) is 17.1 Å². The molecule has 1 saturated heterocycles. The van der Waals surface area contributed by atoms with Gasteiger partial charge in [0.1, 0.15) is 11.9 Å². The molecule has 94 valence electrons. The minimum absolute atomic E-state index is 0.0479. The number of thioether (sulfide) groups is 1. The second-order valence-electron chi connectivity index (χ2n) is 4.04. The number of hydrogen-bond donors (Lipinski definition) is 1. The third-order valence-corrected chi connectivity index (χ3v) is 3.93. The third-order valence-electron chi connectivity index (χ3n) is 2.94. The molecule has 1 aliphatic rings. The first-order valence-electron chi connectivity index (χ1n) is 6.00. The Kier molecular flexibility index (Phi) is 4.23.